The van der Waals surface area contributed by atoms with Crippen molar-refractivity contribution in [2.75, 3.05) is 38.7 Å². The highest BCUT2D eigenvalue weighted by atomic mass is 35.5. The summed E-state index contributed by atoms with van der Waals surface area (Å²) in [5, 5.41) is 18.3. The molecule has 2 saturated heterocycles. The van der Waals surface area contributed by atoms with E-state index in [9.17, 15) is 5.11 Å². The predicted octanol–water partition coefficient (Wildman–Crippen LogP) is 2.04. The second-order valence-electron chi connectivity index (χ2n) is 7.84. The van der Waals surface area contributed by atoms with Crippen molar-refractivity contribution in [2.45, 2.75) is 24.5 Å². The lowest BCUT2D eigenvalue weighted by Crippen LogP contribution is -2.42. The molecule has 0 aromatic carbocycles. The molecular weight excluding hydrogens is 392 g/mol. The largest absolute Gasteiger partial charge is 0.389 e. The van der Waals surface area contributed by atoms with Crippen molar-refractivity contribution in [3.63, 3.8) is 0 Å². The zero-order chi connectivity index (χ0) is 20.0. The molecule has 3 aromatic heterocycles. The average molecular weight is 415 g/mol. The van der Waals surface area contributed by atoms with E-state index in [1.807, 2.05) is 4.52 Å². The van der Waals surface area contributed by atoms with Crippen molar-refractivity contribution >= 4 is 23.1 Å². The summed E-state index contributed by atoms with van der Waals surface area (Å²) in [6, 6.07) is 4.08. The Labute approximate surface area is 173 Å². The number of aromatic nitrogens is 4. The van der Waals surface area contributed by atoms with Gasteiger partial charge < -0.3 is 20.1 Å². The lowest BCUT2D eigenvalue weighted by molar-refractivity contribution is -0.0136. The van der Waals surface area contributed by atoms with Gasteiger partial charge in [0.15, 0.2) is 0 Å². The summed E-state index contributed by atoms with van der Waals surface area (Å²) >= 11 is 6.42. The Kier molecular flexibility index (Phi) is 4.87. The maximum absolute atomic E-state index is 10.1. The normalized spacial score (nSPS) is 23.3. The summed E-state index contributed by atoms with van der Waals surface area (Å²) in [6.45, 7) is 3.06. The molecule has 0 amide bonds. The third-order valence-electron chi connectivity index (χ3n) is 5.71. The lowest BCUT2D eigenvalue weighted by Gasteiger charge is -2.36. The van der Waals surface area contributed by atoms with E-state index >= 15 is 0 Å². The molecule has 2 fully saturated rings. The highest BCUT2D eigenvalue weighted by Crippen LogP contribution is 2.32. The smallest absolute Gasteiger partial charge is 0.223 e. The first-order valence-electron chi connectivity index (χ1n) is 9.79. The lowest BCUT2D eigenvalue weighted by atomic mass is 9.93. The number of rotatable bonds is 4. The van der Waals surface area contributed by atoms with E-state index in [2.05, 4.69) is 50.7 Å². The second kappa shape index (κ2) is 7.53. The topological polar surface area (TPSA) is 87.8 Å². The number of likely N-dealkylation sites (N-methyl/N-ethyl adjacent to an activating group) is 1. The SMILES string of the molecule is CN1CC(c2ccc3c(-c4nc(N[C@@H]5CCOC[C@H]5O)ncc4Cl)cnn3c2)C1. The molecule has 2 atom stereocenters. The molecule has 5 heterocycles. The van der Waals surface area contributed by atoms with Gasteiger partial charge in [-0.15, -0.1) is 0 Å². The molecule has 2 N–H and O–H groups in total. The van der Waals surface area contributed by atoms with Crippen LogP contribution in [0.25, 0.3) is 16.8 Å². The van der Waals surface area contributed by atoms with E-state index in [1.165, 1.54) is 5.56 Å². The maximum Gasteiger partial charge on any atom is 0.223 e. The van der Waals surface area contributed by atoms with Crippen LogP contribution >= 0.6 is 11.6 Å². The van der Waals surface area contributed by atoms with Crippen LogP contribution in [0.4, 0.5) is 5.95 Å². The molecule has 0 radical (unpaired) electrons. The number of likely N-dealkylation sites (tertiary alicyclic amines) is 1. The summed E-state index contributed by atoms with van der Waals surface area (Å²) in [5.41, 5.74) is 3.70. The predicted molar refractivity (Wildman–Crippen MR) is 110 cm³/mol. The van der Waals surface area contributed by atoms with Gasteiger partial charge in [0.25, 0.3) is 0 Å². The Balaban J connectivity index is 1.44. The zero-order valence-corrected chi connectivity index (χ0v) is 16.9. The first kappa shape index (κ1) is 18.7. The number of halogens is 1. The van der Waals surface area contributed by atoms with Crippen LogP contribution in [0, 0.1) is 0 Å². The van der Waals surface area contributed by atoms with Crippen molar-refractivity contribution in [3.8, 4) is 11.3 Å². The van der Waals surface area contributed by atoms with Gasteiger partial charge in [0.1, 0.15) is 0 Å². The van der Waals surface area contributed by atoms with Gasteiger partial charge in [-0.05, 0) is 25.1 Å². The minimum absolute atomic E-state index is 0.148. The molecule has 3 aromatic rings. The number of fused-ring (bicyclic) bond motifs is 1. The van der Waals surface area contributed by atoms with Crippen LogP contribution in [-0.2, 0) is 4.74 Å². The molecule has 8 nitrogen and oxygen atoms in total. The molecule has 2 aliphatic heterocycles. The number of nitrogens with zero attached hydrogens (tertiary/aromatic N) is 5. The molecule has 9 heteroatoms. The summed E-state index contributed by atoms with van der Waals surface area (Å²) in [5.74, 6) is 0.991. The minimum Gasteiger partial charge on any atom is -0.389 e. The van der Waals surface area contributed by atoms with E-state index in [1.54, 1.807) is 12.4 Å². The van der Waals surface area contributed by atoms with Gasteiger partial charge in [0, 0.05) is 37.4 Å². The van der Waals surface area contributed by atoms with Gasteiger partial charge >= 0.3 is 0 Å². The molecular formula is C20H23ClN6O2. The number of aliphatic hydroxyl groups excluding tert-OH is 1. The second-order valence-corrected chi connectivity index (χ2v) is 8.25. The fourth-order valence-corrected chi connectivity index (χ4v) is 4.21. The first-order chi connectivity index (χ1) is 14.1. The quantitative estimate of drug-likeness (QED) is 0.675. The fraction of sp³-hybridized carbons (Fsp3) is 0.450. The van der Waals surface area contributed by atoms with E-state index in [0.717, 1.165) is 24.2 Å². The third kappa shape index (κ3) is 3.57. The van der Waals surface area contributed by atoms with Crippen LogP contribution in [0.3, 0.4) is 0 Å². The van der Waals surface area contributed by atoms with Crippen molar-refractivity contribution in [1.82, 2.24) is 24.5 Å². The first-order valence-corrected chi connectivity index (χ1v) is 10.2. The Bertz CT molecular complexity index is 1030. The molecule has 5 rings (SSSR count). The number of ether oxygens (including phenoxy) is 1. The molecule has 0 bridgehead atoms. The van der Waals surface area contributed by atoms with Crippen molar-refractivity contribution in [1.29, 1.82) is 0 Å². The molecule has 2 aliphatic rings. The van der Waals surface area contributed by atoms with E-state index < -0.39 is 6.10 Å². The van der Waals surface area contributed by atoms with Crippen molar-refractivity contribution in [2.24, 2.45) is 0 Å². The van der Waals surface area contributed by atoms with Crippen LogP contribution < -0.4 is 5.32 Å². The average Bonchev–Trinajstić information content (AvgIpc) is 3.12. The number of anilines is 1. The molecule has 29 heavy (non-hydrogen) atoms. The molecule has 0 saturated carbocycles. The van der Waals surface area contributed by atoms with E-state index in [0.29, 0.717) is 42.2 Å². The minimum atomic E-state index is -0.590. The summed E-state index contributed by atoms with van der Waals surface area (Å²) < 4.78 is 7.16. The molecule has 152 valence electrons. The highest BCUT2D eigenvalue weighted by molar-refractivity contribution is 6.33. The van der Waals surface area contributed by atoms with Crippen LogP contribution in [0.2, 0.25) is 5.02 Å². The summed E-state index contributed by atoms with van der Waals surface area (Å²) in [4.78, 5) is 11.2. The van der Waals surface area contributed by atoms with Gasteiger partial charge in [0.2, 0.25) is 5.95 Å². The van der Waals surface area contributed by atoms with E-state index in [4.69, 9.17) is 16.3 Å². The van der Waals surface area contributed by atoms with Gasteiger partial charge in [-0.2, -0.15) is 5.10 Å². The van der Waals surface area contributed by atoms with Crippen molar-refractivity contribution in [3.05, 3.63) is 41.3 Å². The Morgan fingerprint density at radius 2 is 2.14 bits per heavy atom. The van der Waals surface area contributed by atoms with Crippen LogP contribution in [0.15, 0.2) is 30.7 Å². The van der Waals surface area contributed by atoms with Crippen LogP contribution in [0.1, 0.15) is 17.9 Å². The maximum atomic E-state index is 10.1. The Morgan fingerprint density at radius 1 is 1.28 bits per heavy atom. The van der Waals surface area contributed by atoms with Crippen LogP contribution in [-0.4, -0.2) is 75.1 Å². The highest BCUT2D eigenvalue weighted by Gasteiger charge is 2.26. The van der Waals surface area contributed by atoms with Crippen LogP contribution in [0.5, 0.6) is 0 Å². The number of hydrogen-bond acceptors (Lipinski definition) is 7. The van der Waals surface area contributed by atoms with E-state index in [-0.39, 0.29) is 6.04 Å². The zero-order valence-electron chi connectivity index (χ0n) is 16.1. The number of nitrogens with one attached hydrogen (secondary N) is 1. The standard InChI is InChI=1S/C20H23ClN6O2/c1-26-8-13(9-26)12-2-3-17-14(6-23-27(17)10-12)19-15(21)7-22-20(25-19)24-16-4-5-29-11-18(16)28/h2-3,6-7,10,13,16,18,28H,4-5,8-9,11H2,1H3,(H,22,24,25)/t16-,18-/m1/s1. The number of hydrogen-bond donors (Lipinski definition) is 2. The summed E-state index contributed by atoms with van der Waals surface area (Å²) in [7, 11) is 2.13. The van der Waals surface area contributed by atoms with Gasteiger partial charge in [-0.3, -0.25) is 0 Å². The van der Waals surface area contributed by atoms with Gasteiger partial charge in [-0.25, -0.2) is 14.5 Å². The van der Waals surface area contributed by atoms with Gasteiger partial charge in [0.05, 0.1) is 47.4 Å². The molecule has 0 spiro atoms. The fourth-order valence-electron chi connectivity index (χ4n) is 4.02. The summed E-state index contributed by atoms with van der Waals surface area (Å²) in [6.07, 6.45) is 5.56. The number of pyridine rings is 1. The third-order valence-corrected chi connectivity index (χ3v) is 5.99. The molecule has 0 aliphatic carbocycles. The Morgan fingerprint density at radius 3 is 2.93 bits per heavy atom. The van der Waals surface area contributed by atoms with Gasteiger partial charge in [-0.1, -0.05) is 17.7 Å². The monoisotopic (exact) mass is 414 g/mol. The Hall–Kier alpha value is -2.26. The molecule has 0 unspecified atom stereocenters. The number of aliphatic hydroxyl groups is 1. The van der Waals surface area contributed by atoms with Crippen molar-refractivity contribution < 1.29 is 9.84 Å².